The molecule has 1 unspecified atom stereocenters. The van der Waals surface area contributed by atoms with E-state index in [-0.39, 0.29) is 11.9 Å². The highest BCUT2D eigenvalue weighted by Gasteiger charge is 2.10. The predicted octanol–water partition coefficient (Wildman–Crippen LogP) is 8.65. The van der Waals surface area contributed by atoms with E-state index in [4.69, 9.17) is 9.47 Å². The second kappa shape index (κ2) is 22.7. The smallest absolute Gasteiger partial charge is 0.306 e. The fraction of sp³-hybridized carbons (Fsp3) is 0.931. The minimum atomic E-state index is -0.0259. The van der Waals surface area contributed by atoms with E-state index >= 15 is 0 Å². The molecule has 0 heterocycles. The lowest BCUT2D eigenvalue weighted by Crippen LogP contribution is -2.10. The second-order valence-electron chi connectivity index (χ2n) is 10.9. The van der Waals surface area contributed by atoms with E-state index in [0.717, 1.165) is 56.8 Å². The third-order valence-corrected chi connectivity index (χ3v) is 6.22. The second-order valence-corrected chi connectivity index (χ2v) is 10.9. The molecule has 0 radical (unpaired) electrons. The van der Waals surface area contributed by atoms with Crippen LogP contribution in [0.2, 0.25) is 0 Å². The van der Waals surface area contributed by atoms with Crippen LogP contribution in [0.25, 0.3) is 0 Å². The number of hydrogen-bond donors (Lipinski definition) is 0. The number of carbonyl (C=O) groups excluding carboxylic acids is 2. The number of rotatable bonds is 23. The van der Waals surface area contributed by atoms with Gasteiger partial charge in [0.25, 0.3) is 0 Å². The van der Waals surface area contributed by atoms with Gasteiger partial charge >= 0.3 is 11.9 Å². The van der Waals surface area contributed by atoms with Crippen molar-refractivity contribution in [2.24, 2.45) is 17.8 Å². The van der Waals surface area contributed by atoms with Gasteiger partial charge in [-0.25, -0.2) is 0 Å². The molecule has 0 amide bonds. The Morgan fingerprint density at radius 2 is 0.939 bits per heavy atom. The summed E-state index contributed by atoms with van der Waals surface area (Å²) in [6, 6.07) is 0. The summed E-state index contributed by atoms with van der Waals surface area (Å²) in [5.41, 5.74) is 0. The SMILES string of the molecule is CC(C)CCCCOC(=O)CCCCCCCCCCC(C)CC(=O)OCCCCC(C)C. The van der Waals surface area contributed by atoms with Gasteiger partial charge < -0.3 is 9.47 Å². The molecule has 0 fully saturated rings. The highest BCUT2D eigenvalue weighted by molar-refractivity contribution is 5.69. The Balaban J connectivity index is 3.38. The molecule has 0 aliphatic rings. The number of carbonyl (C=O) groups is 2. The Bertz CT molecular complexity index is 459. The van der Waals surface area contributed by atoms with Crippen LogP contribution in [0, 0.1) is 17.8 Å². The van der Waals surface area contributed by atoms with Crippen molar-refractivity contribution >= 4 is 11.9 Å². The zero-order valence-electron chi connectivity index (χ0n) is 22.8. The molecule has 4 nitrogen and oxygen atoms in total. The fourth-order valence-corrected chi connectivity index (χ4v) is 4.02. The maximum absolute atomic E-state index is 11.9. The lowest BCUT2D eigenvalue weighted by Gasteiger charge is -2.11. The van der Waals surface area contributed by atoms with Crippen molar-refractivity contribution in [3.05, 3.63) is 0 Å². The molecule has 0 saturated carbocycles. The zero-order chi connectivity index (χ0) is 24.7. The van der Waals surface area contributed by atoms with Gasteiger partial charge in [-0.15, -0.1) is 0 Å². The molecular formula is C29H56O4. The molecule has 0 aliphatic carbocycles. The molecule has 4 heteroatoms. The van der Waals surface area contributed by atoms with E-state index in [1.54, 1.807) is 0 Å². The molecule has 0 spiro atoms. The summed E-state index contributed by atoms with van der Waals surface area (Å²) in [5, 5.41) is 0. The predicted molar refractivity (Wildman–Crippen MR) is 139 cm³/mol. The van der Waals surface area contributed by atoms with Crippen LogP contribution in [0.3, 0.4) is 0 Å². The van der Waals surface area contributed by atoms with Crippen molar-refractivity contribution in [3.63, 3.8) is 0 Å². The van der Waals surface area contributed by atoms with Gasteiger partial charge in [0.1, 0.15) is 0 Å². The Hall–Kier alpha value is -1.06. The van der Waals surface area contributed by atoms with E-state index in [9.17, 15) is 9.59 Å². The molecule has 196 valence electrons. The third-order valence-electron chi connectivity index (χ3n) is 6.22. The maximum Gasteiger partial charge on any atom is 0.306 e. The van der Waals surface area contributed by atoms with E-state index in [1.165, 1.54) is 51.4 Å². The van der Waals surface area contributed by atoms with Crippen LogP contribution >= 0.6 is 0 Å². The first-order valence-electron chi connectivity index (χ1n) is 14.1. The molecular weight excluding hydrogens is 412 g/mol. The van der Waals surface area contributed by atoms with Gasteiger partial charge in [-0.2, -0.15) is 0 Å². The Morgan fingerprint density at radius 3 is 1.45 bits per heavy atom. The van der Waals surface area contributed by atoms with Gasteiger partial charge in [0, 0.05) is 12.8 Å². The summed E-state index contributed by atoms with van der Waals surface area (Å²) in [6.07, 6.45) is 18.5. The van der Waals surface area contributed by atoms with E-state index in [0.29, 0.717) is 32.0 Å². The number of esters is 2. The summed E-state index contributed by atoms with van der Waals surface area (Å²) in [6.45, 7) is 12.2. The molecule has 0 aromatic carbocycles. The average Bonchev–Trinajstić information content (AvgIpc) is 2.74. The summed E-state index contributed by atoms with van der Waals surface area (Å²) in [5.74, 6) is 1.83. The Morgan fingerprint density at radius 1 is 0.515 bits per heavy atom. The maximum atomic E-state index is 11.9. The van der Waals surface area contributed by atoms with Crippen molar-refractivity contribution in [1.82, 2.24) is 0 Å². The first kappa shape index (κ1) is 31.9. The average molecular weight is 469 g/mol. The normalized spacial score (nSPS) is 12.3. The van der Waals surface area contributed by atoms with Crippen LogP contribution in [-0.2, 0) is 19.1 Å². The van der Waals surface area contributed by atoms with Crippen molar-refractivity contribution in [3.8, 4) is 0 Å². The minimum Gasteiger partial charge on any atom is -0.466 e. The summed E-state index contributed by atoms with van der Waals surface area (Å²) in [4.78, 5) is 23.6. The molecule has 0 rings (SSSR count). The van der Waals surface area contributed by atoms with E-state index in [2.05, 4.69) is 34.6 Å². The molecule has 0 saturated heterocycles. The first-order valence-corrected chi connectivity index (χ1v) is 14.1. The first-order chi connectivity index (χ1) is 15.8. The van der Waals surface area contributed by atoms with E-state index < -0.39 is 0 Å². The number of ether oxygens (including phenoxy) is 2. The van der Waals surface area contributed by atoms with Crippen LogP contribution in [-0.4, -0.2) is 25.2 Å². The van der Waals surface area contributed by atoms with Crippen LogP contribution in [0.4, 0.5) is 0 Å². The third kappa shape index (κ3) is 25.4. The summed E-state index contributed by atoms with van der Waals surface area (Å²) in [7, 11) is 0. The molecule has 0 aromatic heterocycles. The van der Waals surface area contributed by atoms with Crippen LogP contribution in [0.5, 0.6) is 0 Å². The topological polar surface area (TPSA) is 52.6 Å². The highest BCUT2D eigenvalue weighted by Crippen LogP contribution is 2.16. The molecule has 0 N–H and O–H groups in total. The van der Waals surface area contributed by atoms with Gasteiger partial charge in [0.05, 0.1) is 13.2 Å². The van der Waals surface area contributed by atoms with Crippen molar-refractivity contribution in [1.29, 1.82) is 0 Å². The largest absolute Gasteiger partial charge is 0.466 e. The Kier molecular flexibility index (Phi) is 22.0. The monoisotopic (exact) mass is 468 g/mol. The quantitative estimate of drug-likeness (QED) is 0.111. The minimum absolute atomic E-state index is 0.0244. The van der Waals surface area contributed by atoms with E-state index in [1.807, 2.05) is 0 Å². The van der Waals surface area contributed by atoms with Gasteiger partial charge in [-0.1, -0.05) is 98.8 Å². The van der Waals surface area contributed by atoms with Crippen LogP contribution < -0.4 is 0 Å². The van der Waals surface area contributed by atoms with Gasteiger partial charge in [-0.3, -0.25) is 9.59 Å². The molecule has 33 heavy (non-hydrogen) atoms. The van der Waals surface area contributed by atoms with Crippen molar-refractivity contribution in [2.75, 3.05) is 13.2 Å². The number of unbranched alkanes of at least 4 members (excludes halogenated alkanes) is 9. The van der Waals surface area contributed by atoms with Crippen molar-refractivity contribution < 1.29 is 19.1 Å². The fourth-order valence-electron chi connectivity index (χ4n) is 4.02. The van der Waals surface area contributed by atoms with Gasteiger partial charge in [0.2, 0.25) is 0 Å². The lowest BCUT2D eigenvalue weighted by atomic mass is 9.99. The van der Waals surface area contributed by atoms with Crippen molar-refractivity contribution in [2.45, 2.75) is 144 Å². The molecule has 0 aliphatic heterocycles. The van der Waals surface area contributed by atoms with Crippen LogP contribution in [0.1, 0.15) is 144 Å². The summed E-state index contributed by atoms with van der Waals surface area (Å²) >= 11 is 0. The summed E-state index contributed by atoms with van der Waals surface area (Å²) < 4.78 is 10.7. The standard InChI is InChI=1S/C29H56O4/c1-25(2)18-14-16-22-32-28(30)21-13-11-9-7-6-8-10-12-20-27(5)24-29(31)33-23-17-15-19-26(3)4/h25-27H,6-24H2,1-5H3. The van der Waals surface area contributed by atoms with Gasteiger partial charge in [-0.05, 0) is 49.9 Å². The molecule has 0 bridgehead atoms. The molecule has 1 atom stereocenters. The van der Waals surface area contributed by atoms with Crippen LogP contribution in [0.15, 0.2) is 0 Å². The Labute approximate surface area is 206 Å². The van der Waals surface area contributed by atoms with Gasteiger partial charge in [0.15, 0.2) is 0 Å². The number of hydrogen-bond acceptors (Lipinski definition) is 4. The zero-order valence-corrected chi connectivity index (χ0v) is 22.8. The molecule has 0 aromatic rings. The highest BCUT2D eigenvalue weighted by atomic mass is 16.5. The lowest BCUT2D eigenvalue weighted by molar-refractivity contribution is -0.145.